The maximum absolute atomic E-state index is 13.4. The van der Waals surface area contributed by atoms with Gasteiger partial charge in [0.05, 0.1) is 12.1 Å². The number of hydrogen-bond acceptors (Lipinski definition) is 2. The lowest BCUT2D eigenvalue weighted by Gasteiger charge is -2.02. The zero-order chi connectivity index (χ0) is 15.9. The molecule has 0 radical (unpaired) electrons. The summed E-state index contributed by atoms with van der Waals surface area (Å²) in [6, 6.07) is 12.2. The van der Waals surface area contributed by atoms with E-state index in [9.17, 15) is 14.0 Å². The zero-order valence-corrected chi connectivity index (χ0v) is 11.6. The van der Waals surface area contributed by atoms with E-state index in [1.807, 2.05) is 0 Å². The average Bonchev–Trinajstić information content (AvgIpc) is 2.52. The molecule has 2 rings (SSSR count). The van der Waals surface area contributed by atoms with Crippen LogP contribution in [0.15, 0.2) is 48.5 Å². The van der Waals surface area contributed by atoms with E-state index in [0.717, 1.165) is 0 Å². The van der Waals surface area contributed by atoms with E-state index < -0.39 is 17.6 Å². The molecule has 2 aromatic carbocycles. The van der Waals surface area contributed by atoms with Crippen LogP contribution in [0, 0.1) is 17.7 Å². The van der Waals surface area contributed by atoms with Crippen LogP contribution in [0.3, 0.4) is 0 Å². The summed E-state index contributed by atoms with van der Waals surface area (Å²) in [5.41, 5.74) is 6.20. The first-order chi connectivity index (χ1) is 10.6. The summed E-state index contributed by atoms with van der Waals surface area (Å²) >= 11 is 0. The molecule has 22 heavy (non-hydrogen) atoms. The smallest absolute Gasteiger partial charge is 0.255 e. The van der Waals surface area contributed by atoms with Crippen LogP contribution in [0.25, 0.3) is 0 Å². The van der Waals surface area contributed by atoms with Crippen LogP contribution in [0.5, 0.6) is 0 Å². The van der Waals surface area contributed by atoms with Crippen molar-refractivity contribution in [3.8, 4) is 11.8 Å². The fourth-order valence-electron chi connectivity index (χ4n) is 1.73. The highest BCUT2D eigenvalue weighted by Gasteiger charge is 2.08. The van der Waals surface area contributed by atoms with E-state index in [0.29, 0.717) is 11.1 Å². The minimum Gasteiger partial charge on any atom is -0.366 e. The Hall–Kier alpha value is -3.13. The Bertz CT molecular complexity index is 758. The summed E-state index contributed by atoms with van der Waals surface area (Å²) in [6.07, 6.45) is 0. The fourth-order valence-corrected chi connectivity index (χ4v) is 1.73. The maximum atomic E-state index is 13.4. The number of halogens is 1. The van der Waals surface area contributed by atoms with Crippen molar-refractivity contribution in [3.05, 3.63) is 71.0 Å². The lowest BCUT2D eigenvalue weighted by molar-refractivity contribution is 0.0953. The summed E-state index contributed by atoms with van der Waals surface area (Å²) in [5, 5.41) is 2.51. The minimum atomic E-state index is -0.574. The van der Waals surface area contributed by atoms with Gasteiger partial charge in [-0.2, -0.15) is 0 Å². The Morgan fingerprint density at radius 3 is 2.41 bits per heavy atom. The first-order valence-electron chi connectivity index (χ1n) is 6.49. The van der Waals surface area contributed by atoms with Crippen LogP contribution in [0.1, 0.15) is 26.3 Å². The van der Waals surface area contributed by atoms with Gasteiger partial charge in [-0.25, -0.2) is 4.39 Å². The molecule has 0 fully saturated rings. The largest absolute Gasteiger partial charge is 0.366 e. The van der Waals surface area contributed by atoms with Crippen LogP contribution < -0.4 is 11.1 Å². The van der Waals surface area contributed by atoms with Gasteiger partial charge in [0.1, 0.15) is 5.82 Å². The van der Waals surface area contributed by atoms with Gasteiger partial charge in [0.15, 0.2) is 0 Å². The molecule has 0 unspecified atom stereocenters. The standard InChI is InChI=1S/C17H13FN2O2/c18-15-6-2-1-5-14(15)17(22)20-11-3-4-12-7-9-13(10-8-12)16(19)21/h1-2,5-10H,11H2,(H2,19,21)(H,20,22). The monoisotopic (exact) mass is 296 g/mol. The number of rotatable bonds is 3. The van der Waals surface area contributed by atoms with Crippen molar-refractivity contribution in [2.75, 3.05) is 6.54 Å². The zero-order valence-electron chi connectivity index (χ0n) is 11.6. The second-order valence-corrected chi connectivity index (χ2v) is 4.41. The highest BCUT2D eigenvalue weighted by molar-refractivity contribution is 5.94. The van der Waals surface area contributed by atoms with E-state index in [1.165, 1.54) is 18.2 Å². The molecule has 4 nitrogen and oxygen atoms in total. The Kier molecular flexibility index (Phi) is 4.89. The van der Waals surface area contributed by atoms with Crippen LogP contribution >= 0.6 is 0 Å². The molecule has 0 atom stereocenters. The van der Waals surface area contributed by atoms with Crippen LogP contribution in [0.2, 0.25) is 0 Å². The second kappa shape index (κ2) is 7.04. The molecule has 3 N–H and O–H groups in total. The van der Waals surface area contributed by atoms with Gasteiger partial charge in [0.2, 0.25) is 5.91 Å². The van der Waals surface area contributed by atoms with Crippen LogP contribution in [-0.4, -0.2) is 18.4 Å². The van der Waals surface area contributed by atoms with Gasteiger partial charge < -0.3 is 11.1 Å². The van der Waals surface area contributed by atoms with Crippen LogP contribution in [-0.2, 0) is 0 Å². The molecule has 0 spiro atoms. The average molecular weight is 296 g/mol. The SMILES string of the molecule is NC(=O)c1ccc(C#CCNC(=O)c2ccccc2F)cc1. The van der Waals surface area contributed by atoms with E-state index in [4.69, 9.17) is 5.73 Å². The number of nitrogens with one attached hydrogen (secondary N) is 1. The molecule has 2 aromatic rings. The maximum Gasteiger partial charge on any atom is 0.255 e. The number of benzene rings is 2. The molecule has 2 amide bonds. The van der Waals surface area contributed by atoms with Gasteiger partial charge in [-0.1, -0.05) is 24.0 Å². The predicted octanol–water partition coefficient (Wildman–Crippen LogP) is 1.71. The summed E-state index contributed by atoms with van der Waals surface area (Å²) in [7, 11) is 0. The van der Waals surface area contributed by atoms with Gasteiger partial charge in [-0.05, 0) is 36.4 Å². The third kappa shape index (κ3) is 3.93. The quantitative estimate of drug-likeness (QED) is 0.846. The number of nitrogens with two attached hydrogens (primary N) is 1. The Morgan fingerprint density at radius 2 is 1.77 bits per heavy atom. The van der Waals surface area contributed by atoms with Gasteiger partial charge in [-0.15, -0.1) is 0 Å². The van der Waals surface area contributed by atoms with Gasteiger partial charge in [0.25, 0.3) is 5.91 Å². The Balaban J connectivity index is 1.93. The lowest BCUT2D eigenvalue weighted by Crippen LogP contribution is -2.24. The lowest BCUT2D eigenvalue weighted by atomic mass is 10.1. The topological polar surface area (TPSA) is 72.2 Å². The molecule has 0 aliphatic heterocycles. The van der Waals surface area contributed by atoms with Crippen molar-refractivity contribution >= 4 is 11.8 Å². The molecular formula is C17H13FN2O2. The fraction of sp³-hybridized carbons (Fsp3) is 0.0588. The van der Waals surface area contributed by atoms with Crippen molar-refractivity contribution in [1.82, 2.24) is 5.32 Å². The number of carbonyl (C=O) groups excluding carboxylic acids is 2. The molecular weight excluding hydrogens is 283 g/mol. The first-order valence-corrected chi connectivity index (χ1v) is 6.49. The Labute approximate surface area is 127 Å². The van der Waals surface area contributed by atoms with E-state index in [1.54, 1.807) is 30.3 Å². The summed E-state index contributed by atoms with van der Waals surface area (Å²) < 4.78 is 13.4. The highest BCUT2D eigenvalue weighted by Crippen LogP contribution is 2.05. The molecule has 0 bridgehead atoms. The van der Waals surface area contributed by atoms with Crippen molar-refractivity contribution in [1.29, 1.82) is 0 Å². The van der Waals surface area contributed by atoms with Gasteiger partial charge in [-0.3, -0.25) is 9.59 Å². The van der Waals surface area contributed by atoms with E-state index in [2.05, 4.69) is 17.2 Å². The van der Waals surface area contributed by atoms with Crippen molar-refractivity contribution in [2.45, 2.75) is 0 Å². The Morgan fingerprint density at radius 1 is 1.09 bits per heavy atom. The summed E-state index contributed by atoms with van der Waals surface area (Å²) in [5.74, 6) is 3.98. The third-order valence-corrected chi connectivity index (χ3v) is 2.86. The second-order valence-electron chi connectivity index (χ2n) is 4.41. The van der Waals surface area contributed by atoms with Gasteiger partial charge in [0, 0.05) is 11.1 Å². The van der Waals surface area contributed by atoms with Crippen molar-refractivity contribution < 1.29 is 14.0 Å². The van der Waals surface area contributed by atoms with Crippen LogP contribution in [0.4, 0.5) is 4.39 Å². The highest BCUT2D eigenvalue weighted by atomic mass is 19.1. The molecule has 0 aromatic heterocycles. The predicted molar refractivity (Wildman–Crippen MR) is 80.6 cm³/mol. The molecule has 5 heteroatoms. The molecule has 0 saturated carbocycles. The molecule has 0 heterocycles. The van der Waals surface area contributed by atoms with Crippen molar-refractivity contribution in [3.63, 3.8) is 0 Å². The molecule has 0 saturated heterocycles. The minimum absolute atomic E-state index is 0.0184. The van der Waals surface area contributed by atoms with E-state index >= 15 is 0 Å². The van der Waals surface area contributed by atoms with Crippen molar-refractivity contribution in [2.24, 2.45) is 5.73 Å². The van der Waals surface area contributed by atoms with Gasteiger partial charge >= 0.3 is 0 Å². The molecule has 0 aliphatic rings. The number of hydrogen-bond donors (Lipinski definition) is 2. The number of primary amides is 1. The van der Waals surface area contributed by atoms with E-state index in [-0.39, 0.29) is 12.1 Å². The normalized spacial score (nSPS) is 9.50. The summed E-state index contributed by atoms with van der Waals surface area (Å²) in [4.78, 5) is 22.6. The first kappa shape index (κ1) is 15.3. The molecule has 110 valence electrons. The third-order valence-electron chi connectivity index (χ3n) is 2.86. The number of carbonyl (C=O) groups is 2. The number of amides is 2. The molecule has 0 aliphatic carbocycles. The summed E-state index contributed by atoms with van der Waals surface area (Å²) in [6.45, 7) is 0.0880.